The maximum atomic E-state index is 13.5. The Bertz CT molecular complexity index is 593. The summed E-state index contributed by atoms with van der Waals surface area (Å²) in [6.45, 7) is 3.09. The molecular formula is C16H23FN4O2. The molecule has 0 fully saturated rings. The number of anilines is 2. The van der Waals surface area contributed by atoms with Crippen molar-refractivity contribution in [2.75, 3.05) is 29.9 Å². The number of amides is 3. The lowest BCUT2D eigenvalue weighted by molar-refractivity contribution is -0.120. The number of nitrogens with two attached hydrogens (primary N) is 1. The Labute approximate surface area is 135 Å². The van der Waals surface area contributed by atoms with Gasteiger partial charge in [-0.15, -0.1) is 0 Å². The maximum Gasteiger partial charge on any atom is 0.312 e. The normalized spacial score (nSPS) is 15.1. The van der Waals surface area contributed by atoms with Crippen molar-refractivity contribution in [2.45, 2.75) is 32.2 Å². The molecule has 6 nitrogen and oxygen atoms in total. The minimum absolute atomic E-state index is 0.210. The Kier molecular flexibility index (Phi) is 5.41. The standard InChI is InChI=1S/C16H23FN4O2/c1-3-4-5-12(19-16(18)23)15(22)21-9-8-20(2)14-10-11(17)6-7-13(14)21/h6-7,10,12H,3-5,8-9H2,1-2H3,(H3,18,19,23). The van der Waals surface area contributed by atoms with Crippen LogP contribution < -0.4 is 20.9 Å². The second kappa shape index (κ2) is 7.30. The van der Waals surface area contributed by atoms with Crippen LogP contribution in [0.3, 0.4) is 0 Å². The molecule has 1 aliphatic rings. The maximum absolute atomic E-state index is 13.5. The number of nitrogens with one attached hydrogen (secondary N) is 1. The third kappa shape index (κ3) is 3.91. The molecule has 0 bridgehead atoms. The van der Waals surface area contributed by atoms with Gasteiger partial charge in [0, 0.05) is 20.1 Å². The molecule has 23 heavy (non-hydrogen) atoms. The summed E-state index contributed by atoms with van der Waals surface area (Å²) in [5.74, 6) is -0.555. The van der Waals surface area contributed by atoms with Crippen LogP contribution in [0, 0.1) is 5.82 Å². The van der Waals surface area contributed by atoms with Crippen LogP contribution in [0.25, 0.3) is 0 Å². The molecule has 0 saturated heterocycles. The van der Waals surface area contributed by atoms with Gasteiger partial charge in [0.05, 0.1) is 11.4 Å². The predicted molar refractivity (Wildman–Crippen MR) is 88.1 cm³/mol. The van der Waals surface area contributed by atoms with Crippen LogP contribution in [0.5, 0.6) is 0 Å². The first kappa shape index (κ1) is 17.1. The molecule has 1 aliphatic heterocycles. The van der Waals surface area contributed by atoms with Gasteiger partial charge in [-0.3, -0.25) is 4.79 Å². The van der Waals surface area contributed by atoms with Crippen molar-refractivity contribution in [3.8, 4) is 0 Å². The number of carbonyl (C=O) groups is 2. The van der Waals surface area contributed by atoms with E-state index in [1.54, 1.807) is 11.0 Å². The van der Waals surface area contributed by atoms with Gasteiger partial charge in [0.15, 0.2) is 0 Å². The Hall–Kier alpha value is -2.31. The number of fused-ring (bicyclic) bond motifs is 1. The van der Waals surface area contributed by atoms with Crippen LogP contribution in [-0.2, 0) is 4.79 Å². The summed E-state index contributed by atoms with van der Waals surface area (Å²) in [4.78, 5) is 27.5. The van der Waals surface area contributed by atoms with Gasteiger partial charge in [0.1, 0.15) is 11.9 Å². The van der Waals surface area contributed by atoms with E-state index in [-0.39, 0.29) is 11.7 Å². The van der Waals surface area contributed by atoms with Crippen LogP contribution in [0.15, 0.2) is 18.2 Å². The van der Waals surface area contributed by atoms with E-state index in [2.05, 4.69) is 5.32 Å². The number of carbonyl (C=O) groups excluding carboxylic acids is 2. The lowest BCUT2D eigenvalue weighted by Gasteiger charge is -2.37. The molecular weight excluding hydrogens is 299 g/mol. The monoisotopic (exact) mass is 322 g/mol. The molecule has 1 aromatic carbocycles. The van der Waals surface area contributed by atoms with Crippen LogP contribution in [0.2, 0.25) is 0 Å². The summed E-state index contributed by atoms with van der Waals surface area (Å²) >= 11 is 0. The van der Waals surface area contributed by atoms with Crippen LogP contribution in [0.4, 0.5) is 20.6 Å². The number of unbranched alkanes of at least 4 members (excludes halogenated alkanes) is 1. The fourth-order valence-electron chi connectivity index (χ4n) is 2.78. The molecule has 1 heterocycles. The number of halogens is 1. The van der Waals surface area contributed by atoms with E-state index in [0.29, 0.717) is 30.9 Å². The molecule has 0 aliphatic carbocycles. The first-order chi connectivity index (χ1) is 10.9. The van der Waals surface area contributed by atoms with E-state index < -0.39 is 12.1 Å². The van der Waals surface area contributed by atoms with Crippen molar-refractivity contribution in [2.24, 2.45) is 5.73 Å². The Morgan fingerprint density at radius 2 is 2.09 bits per heavy atom. The number of hydrogen-bond donors (Lipinski definition) is 2. The number of nitrogens with zero attached hydrogens (tertiary/aromatic N) is 2. The van der Waals surface area contributed by atoms with E-state index in [1.165, 1.54) is 12.1 Å². The highest BCUT2D eigenvalue weighted by Crippen LogP contribution is 2.33. The van der Waals surface area contributed by atoms with Crippen LogP contribution in [0.1, 0.15) is 26.2 Å². The largest absolute Gasteiger partial charge is 0.371 e. The molecule has 0 spiro atoms. The zero-order valence-corrected chi connectivity index (χ0v) is 13.5. The first-order valence-electron chi connectivity index (χ1n) is 7.82. The number of urea groups is 1. The number of primary amides is 1. The number of benzene rings is 1. The van der Waals surface area contributed by atoms with Gasteiger partial charge in [-0.1, -0.05) is 19.8 Å². The SMILES string of the molecule is CCCCC(NC(N)=O)C(=O)N1CCN(C)c2cc(F)ccc21. The Morgan fingerprint density at radius 1 is 1.35 bits per heavy atom. The number of hydrogen-bond acceptors (Lipinski definition) is 3. The van der Waals surface area contributed by atoms with Crippen molar-refractivity contribution < 1.29 is 14.0 Å². The molecule has 1 unspecified atom stereocenters. The van der Waals surface area contributed by atoms with Crippen molar-refractivity contribution in [1.29, 1.82) is 0 Å². The quantitative estimate of drug-likeness (QED) is 0.868. The van der Waals surface area contributed by atoms with Gasteiger partial charge in [0.25, 0.3) is 0 Å². The molecule has 2 rings (SSSR count). The van der Waals surface area contributed by atoms with Crippen molar-refractivity contribution in [1.82, 2.24) is 5.32 Å². The molecule has 1 atom stereocenters. The van der Waals surface area contributed by atoms with E-state index >= 15 is 0 Å². The summed E-state index contributed by atoms with van der Waals surface area (Å²) in [6, 6.07) is 2.97. The smallest absolute Gasteiger partial charge is 0.312 e. The van der Waals surface area contributed by atoms with Gasteiger partial charge in [0.2, 0.25) is 5.91 Å². The zero-order chi connectivity index (χ0) is 17.0. The van der Waals surface area contributed by atoms with Gasteiger partial charge in [-0.2, -0.15) is 0 Å². The van der Waals surface area contributed by atoms with Crippen molar-refractivity contribution in [3.05, 3.63) is 24.0 Å². The van der Waals surface area contributed by atoms with E-state index in [9.17, 15) is 14.0 Å². The predicted octanol–water partition coefficient (Wildman–Crippen LogP) is 1.84. The van der Waals surface area contributed by atoms with Gasteiger partial charge in [-0.25, -0.2) is 9.18 Å². The molecule has 126 valence electrons. The Balaban J connectivity index is 2.27. The highest BCUT2D eigenvalue weighted by atomic mass is 19.1. The molecule has 0 aromatic heterocycles. The summed E-state index contributed by atoms with van der Waals surface area (Å²) in [7, 11) is 1.86. The van der Waals surface area contributed by atoms with Crippen LogP contribution >= 0.6 is 0 Å². The Morgan fingerprint density at radius 3 is 2.74 bits per heavy atom. The average molecular weight is 322 g/mol. The summed E-state index contributed by atoms with van der Waals surface area (Å²) < 4.78 is 13.5. The fourth-order valence-corrected chi connectivity index (χ4v) is 2.78. The highest BCUT2D eigenvalue weighted by molar-refractivity contribution is 6.02. The topological polar surface area (TPSA) is 78.7 Å². The summed E-state index contributed by atoms with van der Waals surface area (Å²) in [6.07, 6.45) is 2.25. The molecule has 7 heteroatoms. The van der Waals surface area contributed by atoms with E-state index in [0.717, 1.165) is 12.8 Å². The van der Waals surface area contributed by atoms with Gasteiger partial charge < -0.3 is 20.9 Å². The third-order valence-corrected chi connectivity index (χ3v) is 4.03. The number of likely N-dealkylation sites (N-methyl/N-ethyl adjacent to an activating group) is 1. The van der Waals surface area contributed by atoms with Crippen molar-refractivity contribution >= 4 is 23.3 Å². The summed E-state index contributed by atoms with van der Waals surface area (Å²) in [5, 5.41) is 2.53. The van der Waals surface area contributed by atoms with Crippen molar-refractivity contribution in [3.63, 3.8) is 0 Å². The second-order valence-electron chi connectivity index (χ2n) is 5.75. The minimum Gasteiger partial charge on any atom is -0.371 e. The average Bonchev–Trinajstić information content (AvgIpc) is 2.51. The molecule has 0 saturated carbocycles. The summed E-state index contributed by atoms with van der Waals surface area (Å²) in [5.41, 5.74) is 6.51. The fraction of sp³-hybridized carbons (Fsp3) is 0.500. The first-order valence-corrected chi connectivity index (χ1v) is 7.82. The lowest BCUT2D eigenvalue weighted by Crippen LogP contribution is -2.53. The molecule has 0 radical (unpaired) electrons. The van der Waals surface area contributed by atoms with E-state index in [4.69, 9.17) is 5.73 Å². The van der Waals surface area contributed by atoms with E-state index in [1.807, 2.05) is 18.9 Å². The van der Waals surface area contributed by atoms with Gasteiger partial charge >= 0.3 is 6.03 Å². The molecule has 3 amide bonds. The lowest BCUT2D eigenvalue weighted by atomic mass is 10.1. The molecule has 1 aromatic rings. The van der Waals surface area contributed by atoms with Crippen LogP contribution in [-0.4, -0.2) is 38.1 Å². The highest BCUT2D eigenvalue weighted by Gasteiger charge is 2.30. The zero-order valence-electron chi connectivity index (χ0n) is 13.5. The third-order valence-electron chi connectivity index (χ3n) is 4.03. The number of rotatable bonds is 5. The minimum atomic E-state index is -0.715. The molecule has 3 N–H and O–H groups in total. The van der Waals surface area contributed by atoms with Gasteiger partial charge in [-0.05, 0) is 24.6 Å². The second-order valence-corrected chi connectivity index (χ2v) is 5.75.